The second kappa shape index (κ2) is 3.77. The molecule has 0 atom stereocenters. The van der Waals surface area contributed by atoms with Gasteiger partial charge in [-0.15, -0.1) is 5.10 Å². The van der Waals surface area contributed by atoms with E-state index in [2.05, 4.69) is 29.0 Å². The molecule has 76 valence electrons. The Hall–Kier alpha value is -1.77. The van der Waals surface area contributed by atoms with Crippen LogP contribution in [0.1, 0.15) is 16.8 Å². The summed E-state index contributed by atoms with van der Waals surface area (Å²) in [6, 6.07) is 3.91. The molecule has 0 amide bonds. The van der Waals surface area contributed by atoms with Crippen LogP contribution >= 0.6 is 0 Å². The molecular formula is C12H13N3. The highest BCUT2D eigenvalue weighted by molar-refractivity contribution is 5.62. The van der Waals surface area contributed by atoms with E-state index in [4.69, 9.17) is 0 Å². The van der Waals surface area contributed by atoms with Crippen LogP contribution in [0.4, 0.5) is 0 Å². The number of hydrogen-bond acceptors (Lipinski definition) is 3. The molecule has 0 aliphatic rings. The molecule has 0 saturated heterocycles. The van der Waals surface area contributed by atoms with Gasteiger partial charge >= 0.3 is 0 Å². The molecule has 0 radical (unpaired) electrons. The van der Waals surface area contributed by atoms with Crippen LogP contribution in [0.3, 0.4) is 0 Å². The van der Waals surface area contributed by atoms with Crippen molar-refractivity contribution < 1.29 is 0 Å². The molecule has 0 fully saturated rings. The summed E-state index contributed by atoms with van der Waals surface area (Å²) in [4.78, 5) is 4.09. The van der Waals surface area contributed by atoms with Crippen LogP contribution < -0.4 is 0 Å². The van der Waals surface area contributed by atoms with Crippen molar-refractivity contribution in [2.75, 3.05) is 0 Å². The Morgan fingerprint density at radius 1 is 1.00 bits per heavy atom. The second-order valence-electron chi connectivity index (χ2n) is 3.63. The third-order valence-electron chi connectivity index (χ3n) is 2.70. The first-order valence-electron chi connectivity index (χ1n) is 4.91. The summed E-state index contributed by atoms with van der Waals surface area (Å²) < 4.78 is 0. The summed E-state index contributed by atoms with van der Waals surface area (Å²) >= 11 is 0. The molecule has 2 aromatic rings. The molecule has 2 aromatic heterocycles. The van der Waals surface area contributed by atoms with Crippen LogP contribution in [0.2, 0.25) is 0 Å². The van der Waals surface area contributed by atoms with Gasteiger partial charge in [0.15, 0.2) is 0 Å². The highest BCUT2D eigenvalue weighted by Crippen LogP contribution is 2.22. The van der Waals surface area contributed by atoms with Crippen molar-refractivity contribution in [3.05, 3.63) is 41.3 Å². The van der Waals surface area contributed by atoms with Crippen LogP contribution in [0.5, 0.6) is 0 Å². The second-order valence-corrected chi connectivity index (χ2v) is 3.63. The molecule has 0 N–H and O–H groups in total. The zero-order chi connectivity index (χ0) is 10.8. The fraction of sp³-hybridized carbons (Fsp3) is 0.250. The van der Waals surface area contributed by atoms with Gasteiger partial charge < -0.3 is 0 Å². The molecular weight excluding hydrogens is 186 g/mol. The Morgan fingerprint density at radius 2 is 1.80 bits per heavy atom. The van der Waals surface area contributed by atoms with E-state index in [1.807, 2.05) is 25.3 Å². The van der Waals surface area contributed by atoms with E-state index in [1.165, 1.54) is 11.1 Å². The molecule has 3 nitrogen and oxygen atoms in total. The van der Waals surface area contributed by atoms with Crippen molar-refractivity contribution >= 4 is 0 Å². The van der Waals surface area contributed by atoms with Crippen LogP contribution in [0.15, 0.2) is 24.5 Å². The molecule has 0 unspecified atom stereocenters. The van der Waals surface area contributed by atoms with Gasteiger partial charge in [0.05, 0.1) is 11.4 Å². The van der Waals surface area contributed by atoms with Crippen molar-refractivity contribution in [2.45, 2.75) is 20.8 Å². The SMILES string of the molecule is Cc1nnc(-c2cccnc2)c(C)c1C. The molecule has 0 aromatic carbocycles. The Labute approximate surface area is 89.2 Å². The molecule has 2 heterocycles. The van der Waals surface area contributed by atoms with Crippen LogP contribution in [0.25, 0.3) is 11.3 Å². The van der Waals surface area contributed by atoms with Crippen molar-refractivity contribution in [2.24, 2.45) is 0 Å². The Kier molecular flexibility index (Phi) is 2.46. The minimum absolute atomic E-state index is 0.922. The molecule has 0 saturated carbocycles. The zero-order valence-electron chi connectivity index (χ0n) is 9.15. The molecule has 0 spiro atoms. The lowest BCUT2D eigenvalue weighted by Crippen LogP contribution is -1.99. The van der Waals surface area contributed by atoms with Gasteiger partial charge in [0.2, 0.25) is 0 Å². The minimum atomic E-state index is 0.922. The van der Waals surface area contributed by atoms with Gasteiger partial charge in [-0.05, 0) is 44.0 Å². The van der Waals surface area contributed by atoms with E-state index in [9.17, 15) is 0 Å². The van der Waals surface area contributed by atoms with E-state index in [1.54, 1.807) is 6.20 Å². The maximum absolute atomic E-state index is 4.22. The van der Waals surface area contributed by atoms with Crippen molar-refractivity contribution in [3.8, 4) is 11.3 Å². The fourth-order valence-corrected chi connectivity index (χ4v) is 1.50. The fourth-order valence-electron chi connectivity index (χ4n) is 1.50. The maximum atomic E-state index is 4.22. The summed E-state index contributed by atoms with van der Waals surface area (Å²) in [6.45, 7) is 6.11. The molecule has 0 bridgehead atoms. The lowest BCUT2D eigenvalue weighted by Gasteiger charge is -2.08. The average Bonchev–Trinajstić information content (AvgIpc) is 2.27. The number of aromatic nitrogens is 3. The Morgan fingerprint density at radius 3 is 2.47 bits per heavy atom. The zero-order valence-corrected chi connectivity index (χ0v) is 9.15. The van der Waals surface area contributed by atoms with Gasteiger partial charge in [-0.2, -0.15) is 5.10 Å². The minimum Gasteiger partial charge on any atom is -0.264 e. The van der Waals surface area contributed by atoms with E-state index in [0.717, 1.165) is 17.0 Å². The van der Waals surface area contributed by atoms with Crippen LogP contribution in [-0.4, -0.2) is 15.2 Å². The molecule has 2 rings (SSSR count). The van der Waals surface area contributed by atoms with E-state index in [-0.39, 0.29) is 0 Å². The first-order chi connectivity index (χ1) is 7.20. The maximum Gasteiger partial charge on any atom is 0.0977 e. The summed E-state index contributed by atoms with van der Waals surface area (Å²) in [7, 11) is 0. The van der Waals surface area contributed by atoms with Gasteiger partial charge in [-0.3, -0.25) is 4.98 Å². The molecule has 15 heavy (non-hydrogen) atoms. The monoisotopic (exact) mass is 199 g/mol. The number of nitrogens with zero attached hydrogens (tertiary/aromatic N) is 3. The van der Waals surface area contributed by atoms with Crippen molar-refractivity contribution in [1.82, 2.24) is 15.2 Å². The number of pyridine rings is 1. The Balaban J connectivity index is 2.60. The summed E-state index contributed by atoms with van der Waals surface area (Å²) in [6.07, 6.45) is 3.57. The normalized spacial score (nSPS) is 10.3. The van der Waals surface area contributed by atoms with Gasteiger partial charge in [0, 0.05) is 18.0 Å². The van der Waals surface area contributed by atoms with Crippen LogP contribution in [-0.2, 0) is 0 Å². The topological polar surface area (TPSA) is 38.7 Å². The standard InChI is InChI=1S/C12H13N3/c1-8-9(2)12(15-14-10(8)3)11-5-4-6-13-7-11/h4-7H,1-3H3. The molecule has 3 heteroatoms. The van der Waals surface area contributed by atoms with Crippen LogP contribution in [0, 0.1) is 20.8 Å². The quantitative estimate of drug-likeness (QED) is 0.708. The predicted octanol–water partition coefficient (Wildman–Crippen LogP) is 2.46. The summed E-state index contributed by atoms with van der Waals surface area (Å²) in [5.41, 5.74) is 5.30. The number of aryl methyl sites for hydroxylation is 1. The molecule has 0 aliphatic heterocycles. The van der Waals surface area contributed by atoms with E-state index >= 15 is 0 Å². The van der Waals surface area contributed by atoms with E-state index < -0.39 is 0 Å². The number of rotatable bonds is 1. The van der Waals surface area contributed by atoms with Gasteiger partial charge in [0.1, 0.15) is 0 Å². The van der Waals surface area contributed by atoms with Gasteiger partial charge in [-0.1, -0.05) is 0 Å². The molecule has 0 aliphatic carbocycles. The van der Waals surface area contributed by atoms with Crippen molar-refractivity contribution in [3.63, 3.8) is 0 Å². The first-order valence-corrected chi connectivity index (χ1v) is 4.91. The Bertz CT molecular complexity index is 478. The highest BCUT2D eigenvalue weighted by atomic mass is 15.1. The summed E-state index contributed by atoms with van der Waals surface area (Å²) in [5, 5.41) is 8.36. The largest absolute Gasteiger partial charge is 0.264 e. The third-order valence-corrected chi connectivity index (χ3v) is 2.70. The van der Waals surface area contributed by atoms with E-state index in [0.29, 0.717) is 0 Å². The average molecular weight is 199 g/mol. The lowest BCUT2D eigenvalue weighted by molar-refractivity contribution is 0.950. The third kappa shape index (κ3) is 1.73. The summed E-state index contributed by atoms with van der Waals surface area (Å²) in [5.74, 6) is 0. The smallest absolute Gasteiger partial charge is 0.0977 e. The first kappa shape index (κ1) is 9.77. The highest BCUT2D eigenvalue weighted by Gasteiger charge is 2.08. The lowest BCUT2D eigenvalue weighted by atomic mass is 10.0. The van der Waals surface area contributed by atoms with Gasteiger partial charge in [0.25, 0.3) is 0 Å². The van der Waals surface area contributed by atoms with Crippen molar-refractivity contribution in [1.29, 1.82) is 0 Å². The predicted molar refractivity (Wildman–Crippen MR) is 59.5 cm³/mol. The van der Waals surface area contributed by atoms with Gasteiger partial charge in [-0.25, -0.2) is 0 Å². The number of hydrogen-bond donors (Lipinski definition) is 0.